The second kappa shape index (κ2) is 9.62. The van der Waals surface area contributed by atoms with Gasteiger partial charge in [-0.15, -0.1) is 5.70 Å². The Labute approximate surface area is 153 Å². The van der Waals surface area contributed by atoms with Crippen LogP contribution in [0.1, 0.15) is 55.4 Å². The van der Waals surface area contributed by atoms with Gasteiger partial charge < -0.3 is 5.32 Å². The Balaban J connectivity index is 3.02. The number of nitrogens with one attached hydrogen (secondary N) is 1. The van der Waals surface area contributed by atoms with Gasteiger partial charge in [0.25, 0.3) is 0 Å². The molecular formula is C21H39NSi2. The van der Waals surface area contributed by atoms with Crippen molar-refractivity contribution < 1.29 is 0 Å². The van der Waals surface area contributed by atoms with Crippen molar-refractivity contribution in [3.63, 3.8) is 0 Å². The summed E-state index contributed by atoms with van der Waals surface area (Å²) in [6.45, 7) is 20.8. The highest BCUT2D eigenvalue weighted by atomic mass is 29.2. The highest BCUT2D eigenvalue weighted by molar-refractivity contribution is 7.36. The maximum atomic E-state index is 3.66. The largest absolute Gasteiger partial charge is 0.385 e. The van der Waals surface area contributed by atoms with E-state index in [4.69, 9.17) is 0 Å². The predicted molar refractivity (Wildman–Crippen MR) is 117 cm³/mol. The normalized spacial score (nSPS) is 13.5. The highest BCUT2D eigenvalue weighted by Crippen LogP contribution is 2.44. The number of benzene rings is 1. The SMILES string of the molecule is CC(C)=C[SiH](CCNc1ccccc1)[Si](C(C)C)(C(C)C)C(C)C. The number of hydrogen-bond acceptors (Lipinski definition) is 1. The molecule has 3 heteroatoms. The molecule has 0 spiro atoms. The summed E-state index contributed by atoms with van der Waals surface area (Å²) in [6, 6.07) is 12.0. The molecular weight excluding hydrogens is 322 g/mol. The van der Waals surface area contributed by atoms with Crippen LogP contribution in [0.15, 0.2) is 41.6 Å². The maximum Gasteiger partial charge on any atom is 0.0584 e. The van der Waals surface area contributed by atoms with Gasteiger partial charge in [-0.3, -0.25) is 0 Å². The molecule has 0 amide bonds. The first-order valence-electron chi connectivity index (χ1n) is 9.66. The Bertz CT molecular complexity index is 480. The quantitative estimate of drug-likeness (QED) is 0.489. The second-order valence-corrected chi connectivity index (χ2v) is 21.2. The Morgan fingerprint density at radius 3 is 1.88 bits per heavy atom. The van der Waals surface area contributed by atoms with Gasteiger partial charge >= 0.3 is 0 Å². The Kier molecular flexibility index (Phi) is 8.51. The van der Waals surface area contributed by atoms with Gasteiger partial charge in [-0.05, 0) is 32.0 Å². The number of hydrogen-bond donors (Lipinski definition) is 1. The summed E-state index contributed by atoms with van der Waals surface area (Å²) in [4.78, 5) is 0. The van der Waals surface area contributed by atoms with Crippen molar-refractivity contribution >= 4 is 21.6 Å². The molecule has 0 aliphatic heterocycles. The van der Waals surface area contributed by atoms with E-state index >= 15 is 0 Å². The highest BCUT2D eigenvalue weighted by Gasteiger charge is 2.48. The number of rotatable bonds is 9. The molecule has 0 aliphatic carbocycles. The van der Waals surface area contributed by atoms with Gasteiger partial charge in [0.05, 0.1) is 15.9 Å². The van der Waals surface area contributed by atoms with E-state index in [2.05, 4.69) is 96.7 Å². The van der Waals surface area contributed by atoms with Crippen molar-refractivity contribution in [1.82, 2.24) is 0 Å². The zero-order valence-corrected chi connectivity index (χ0v) is 19.3. The van der Waals surface area contributed by atoms with Gasteiger partial charge in [-0.2, -0.15) is 0 Å². The van der Waals surface area contributed by atoms with Gasteiger partial charge in [0, 0.05) is 12.2 Å². The van der Waals surface area contributed by atoms with E-state index in [9.17, 15) is 0 Å². The number of anilines is 1. The molecule has 24 heavy (non-hydrogen) atoms. The van der Waals surface area contributed by atoms with Crippen LogP contribution < -0.4 is 5.32 Å². The van der Waals surface area contributed by atoms with Crippen LogP contribution in [0.2, 0.25) is 22.7 Å². The van der Waals surface area contributed by atoms with Crippen LogP contribution in [0.5, 0.6) is 0 Å². The van der Waals surface area contributed by atoms with Crippen molar-refractivity contribution in [2.75, 3.05) is 11.9 Å². The van der Waals surface area contributed by atoms with Crippen molar-refractivity contribution in [3.05, 3.63) is 41.6 Å². The summed E-state index contributed by atoms with van der Waals surface area (Å²) in [7, 11) is -2.28. The van der Waals surface area contributed by atoms with Crippen LogP contribution in [0, 0.1) is 0 Å². The third kappa shape index (κ3) is 5.09. The molecule has 1 unspecified atom stereocenters. The minimum absolute atomic E-state index is 0.862. The van der Waals surface area contributed by atoms with Crippen LogP contribution in [-0.2, 0) is 0 Å². The molecule has 0 bridgehead atoms. The molecule has 1 nitrogen and oxygen atoms in total. The lowest BCUT2D eigenvalue weighted by Crippen LogP contribution is -2.58. The average Bonchev–Trinajstić information content (AvgIpc) is 2.47. The van der Waals surface area contributed by atoms with Gasteiger partial charge in [-0.25, -0.2) is 0 Å². The summed E-state index contributed by atoms with van der Waals surface area (Å²) in [5.74, 6) is 0. The third-order valence-electron chi connectivity index (χ3n) is 5.74. The van der Waals surface area contributed by atoms with Crippen LogP contribution in [0.3, 0.4) is 0 Å². The van der Waals surface area contributed by atoms with Crippen molar-refractivity contribution in [1.29, 1.82) is 0 Å². The molecule has 0 fully saturated rings. The van der Waals surface area contributed by atoms with E-state index in [1.807, 2.05) is 0 Å². The first kappa shape index (κ1) is 21.2. The lowest BCUT2D eigenvalue weighted by Gasteiger charge is -2.48. The van der Waals surface area contributed by atoms with E-state index in [1.54, 1.807) is 0 Å². The van der Waals surface area contributed by atoms with E-state index < -0.39 is 15.9 Å². The number of allylic oxidation sites excluding steroid dienone is 1. The van der Waals surface area contributed by atoms with Crippen molar-refractivity contribution in [2.45, 2.75) is 78.1 Å². The molecule has 1 aromatic rings. The molecule has 1 rings (SSSR count). The third-order valence-corrected chi connectivity index (χ3v) is 26.2. The van der Waals surface area contributed by atoms with E-state index in [0.29, 0.717) is 0 Å². The molecule has 0 radical (unpaired) electrons. The molecule has 0 aliphatic rings. The molecule has 1 atom stereocenters. The zero-order chi connectivity index (χ0) is 18.3. The minimum Gasteiger partial charge on any atom is -0.385 e. The van der Waals surface area contributed by atoms with E-state index in [1.165, 1.54) is 17.3 Å². The Morgan fingerprint density at radius 1 is 0.958 bits per heavy atom. The average molecular weight is 362 g/mol. The zero-order valence-electron chi connectivity index (χ0n) is 17.2. The standard InChI is InChI=1S/C21H39NSi2/c1-17(2)16-23(15-14-22-21-12-10-9-11-13-21)24(18(3)4,19(5)6)20(7)8/h9-13,16,18-20,22-23H,14-15H2,1-8H3. The molecule has 1 N–H and O–H groups in total. The smallest absolute Gasteiger partial charge is 0.0584 e. The molecule has 0 aromatic heterocycles. The fourth-order valence-corrected chi connectivity index (χ4v) is 25.4. The van der Waals surface area contributed by atoms with Crippen LogP contribution in [0.25, 0.3) is 0 Å². The van der Waals surface area contributed by atoms with Crippen LogP contribution >= 0.6 is 0 Å². The lowest BCUT2D eigenvalue weighted by atomic mass is 10.3. The van der Waals surface area contributed by atoms with Gasteiger partial charge in [-0.1, -0.05) is 81.9 Å². The first-order valence-corrected chi connectivity index (χ1v) is 15.2. The second-order valence-electron chi connectivity index (χ2n) is 8.40. The van der Waals surface area contributed by atoms with Gasteiger partial charge in [0.2, 0.25) is 0 Å². The van der Waals surface area contributed by atoms with Crippen LogP contribution in [0.4, 0.5) is 5.69 Å². The summed E-state index contributed by atoms with van der Waals surface area (Å²) in [5.41, 5.74) is 8.11. The minimum atomic E-state index is -1.34. The predicted octanol–water partition coefficient (Wildman–Crippen LogP) is 6.59. The maximum absolute atomic E-state index is 3.66. The lowest BCUT2D eigenvalue weighted by molar-refractivity contribution is 0.843. The molecule has 0 saturated carbocycles. The Hall–Kier alpha value is -0.806. The van der Waals surface area contributed by atoms with E-state index in [-0.39, 0.29) is 0 Å². The summed E-state index contributed by atoms with van der Waals surface area (Å²) in [5, 5.41) is 3.66. The number of para-hydroxylation sites is 1. The summed E-state index contributed by atoms with van der Waals surface area (Å²) < 4.78 is 0. The fourth-order valence-electron chi connectivity index (χ4n) is 5.09. The van der Waals surface area contributed by atoms with Crippen LogP contribution in [-0.4, -0.2) is 22.5 Å². The topological polar surface area (TPSA) is 12.0 Å². The van der Waals surface area contributed by atoms with Crippen molar-refractivity contribution in [2.24, 2.45) is 0 Å². The Morgan fingerprint density at radius 2 is 1.46 bits per heavy atom. The van der Waals surface area contributed by atoms with Gasteiger partial charge in [0.15, 0.2) is 0 Å². The first-order chi connectivity index (χ1) is 11.2. The monoisotopic (exact) mass is 361 g/mol. The molecule has 0 heterocycles. The van der Waals surface area contributed by atoms with Crippen molar-refractivity contribution in [3.8, 4) is 0 Å². The molecule has 0 saturated heterocycles. The summed E-state index contributed by atoms with van der Waals surface area (Å²) in [6.07, 6.45) is 0. The van der Waals surface area contributed by atoms with Gasteiger partial charge in [0.1, 0.15) is 0 Å². The molecule has 1 aromatic carbocycles. The molecule has 136 valence electrons. The van der Waals surface area contributed by atoms with E-state index in [0.717, 1.165) is 23.2 Å². The summed E-state index contributed by atoms with van der Waals surface area (Å²) >= 11 is 0. The fraction of sp³-hybridized carbons (Fsp3) is 0.619.